The first-order chi connectivity index (χ1) is 8.76. The molecule has 1 N–H and O–H groups in total. The zero-order chi connectivity index (χ0) is 12.5. The molecule has 2 fully saturated rings. The van der Waals surface area contributed by atoms with Gasteiger partial charge >= 0.3 is 0 Å². The van der Waals surface area contributed by atoms with Crippen molar-refractivity contribution >= 4 is 11.7 Å². The highest BCUT2D eigenvalue weighted by Gasteiger charge is 2.35. The molecule has 1 aromatic heterocycles. The summed E-state index contributed by atoms with van der Waals surface area (Å²) in [5.74, 6) is 0.797. The zero-order valence-corrected chi connectivity index (χ0v) is 10.4. The van der Waals surface area contributed by atoms with Gasteiger partial charge in [0.15, 0.2) is 0 Å². The number of likely N-dealkylation sites (tertiary alicyclic amines) is 1. The minimum absolute atomic E-state index is 0.0779. The number of carbonyl (C=O) groups is 1. The Kier molecular flexibility index (Phi) is 2.91. The molecule has 2 aliphatic heterocycles. The van der Waals surface area contributed by atoms with Crippen LogP contribution < -0.4 is 5.32 Å². The molecule has 2 atom stereocenters. The van der Waals surface area contributed by atoms with E-state index in [1.807, 2.05) is 4.90 Å². The van der Waals surface area contributed by atoms with Gasteiger partial charge in [0.2, 0.25) is 0 Å². The molecule has 1 amide bonds. The molecule has 1 aromatic rings. The van der Waals surface area contributed by atoms with Crippen molar-refractivity contribution in [3.05, 3.63) is 23.9 Å². The number of morpholine rings is 1. The van der Waals surface area contributed by atoms with Gasteiger partial charge in [-0.15, -0.1) is 0 Å². The minimum Gasteiger partial charge on any atom is -0.373 e. The topological polar surface area (TPSA) is 54.5 Å². The molecule has 2 bridgehead atoms. The van der Waals surface area contributed by atoms with Crippen molar-refractivity contribution in [1.82, 2.24) is 9.88 Å². The van der Waals surface area contributed by atoms with Crippen LogP contribution in [0.3, 0.4) is 0 Å². The van der Waals surface area contributed by atoms with E-state index >= 15 is 0 Å². The molecule has 18 heavy (non-hydrogen) atoms. The number of hydrogen-bond acceptors (Lipinski definition) is 4. The average Bonchev–Trinajstić information content (AvgIpc) is 2.76. The van der Waals surface area contributed by atoms with E-state index in [2.05, 4.69) is 10.3 Å². The van der Waals surface area contributed by atoms with Gasteiger partial charge in [0.1, 0.15) is 5.82 Å². The maximum Gasteiger partial charge on any atom is 0.254 e. The van der Waals surface area contributed by atoms with Crippen LogP contribution in [0.5, 0.6) is 0 Å². The van der Waals surface area contributed by atoms with Gasteiger partial charge in [0, 0.05) is 31.9 Å². The summed E-state index contributed by atoms with van der Waals surface area (Å²) in [4.78, 5) is 18.4. The van der Waals surface area contributed by atoms with Crippen molar-refractivity contribution in [3.8, 4) is 0 Å². The predicted molar refractivity (Wildman–Crippen MR) is 67.6 cm³/mol. The van der Waals surface area contributed by atoms with Crippen molar-refractivity contribution < 1.29 is 9.53 Å². The lowest BCUT2D eigenvalue weighted by Gasteiger charge is -2.32. The second-order valence-corrected chi connectivity index (χ2v) is 4.85. The van der Waals surface area contributed by atoms with Gasteiger partial charge in [0.05, 0.1) is 12.2 Å². The summed E-state index contributed by atoms with van der Waals surface area (Å²) in [6.07, 6.45) is 4.28. The number of nitrogens with one attached hydrogen (secondary N) is 1. The molecule has 96 valence electrons. The fourth-order valence-corrected chi connectivity index (χ4v) is 2.66. The number of anilines is 1. The van der Waals surface area contributed by atoms with Crippen LogP contribution in [0.4, 0.5) is 5.82 Å². The lowest BCUT2D eigenvalue weighted by atomic mass is 10.2. The number of pyridine rings is 1. The van der Waals surface area contributed by atoms with Gasteiger partial charge < -0.3 is 15.0 Å². The smallest absolute Gasteiger partial charge is 0.254 e. The van der Waals surface area contributed by atoms with Crippen LogP contribution in [-0.4, -0.2) is 48.1 Å². The molecule has 2 saturated heterocycles. The first-order valence-electron chi connectivity index (χ1n) is 6.35. The minimum atomic E-state index is 0.0779. The quantitative estimate of drug-likeness (QED) is 0.851. The summed E-state index contributed by atoms with van der Waals surface area (Å²) < 4.78 is 5.74. The van der Waals surface area contributed by atoms with E-state index < -0.39 is 0 Å². The van der Waals surface area contributed by atoms with E-state index in [9.17, 15) is 4.79 Å². The number of nitrogens with zero attached hydrogens (tertiary/aromatic N) is 2. The first-order valence-corrected chi connectivity index (χ1v) is 6.35. The molecule has 3 heterocycles. The Balaban J connectivity index is 1.77. The number of fused-ring (bicyclic) bond motifs is 2. The van der Waals surface area contributed by atoms with Crippen LogP contribution in [-0.2, 0) is 4.74 Å². The van der Waals surface area contributed by atoms with Crippen molar-refractivity contribution in [1.29, 1.82) is 0 Å². The van der Waals surface area contributed by atoms with Crippen molar-refractivity contribution in [2.45, 2.75) is 25.0 Å². The number of amides is 1. The molecule has 5 nitrogen and oxygen atoms in total. The Labute approximate surface area is 106 Å². The standard InChI is InChI=1S/C13H17N3O2/c1-14-12-6-9(4-5-15-12)13(17)16-7-10-2-3-11(8-16)18-10/h4-6,10-11H,2-3,7-8H2,1H3,(H,14,15). The zero-order valence-electron chi connectivity index (χ0n) is 10.4. The summed E-state index contributed by atoms with van der Waals surface area (Å²) in [5, 5.41) is 2.95. The van der Waals surface area contributed by atoms with Gasteiger partial charge in [-0.3, -0.25) is 4.79 Å². The normalized spacial score (nSPS) is 26.2. The van der Waals surface area contributed by atoms with Crippen molar-refractivity contribution in [2.75, 3.05) is 25.5 Å². The number of hydrogen-bond donors (Lipinski definition) is 1. The average molecular weight is 247 g/mol. The number of rotatable bonds is 2. The van der Waals surface area contributed by atoms with E-state index in [4.69, 9.17) is 4.74 Å². The Hall–Kier alpha value is -1.62. The highest BCUT2D eigenvalue weighted by atomic mass is 16.5. The molecule has 2 aliphatic rings. The highest BCUT2D eigenvalue weighted by molar-refractivity contribution is 5.95. The van der Waals surface area contributed by atoms with Gasteiger partial charge in [-0.2, -0.15) is 0 Å². The Morgan fingerprint density at radius 3 is 2.83 bits per heavy atom. The molecule has 0 aliphatic carbocycles. The highest BCUT2D eigenvalue weighted by Crippen LogP contribution is 2.27. The molecule has 2 unspecified atom stereocenters. The van der Waals surface area contributed by atoms with E-state index in [0.29, 0.717) is 18.7 Å². The second kappa shape index (κ2) is 4.57. The Morgan fingerprint density at radius 1 is 1.44 bits per heavy atom. The number of ether oxygens (including phenoxy) is 1. The van der Waals surface area contributed by atoms with Crippen molar-refractivity contribution in [2.24, 2.45) is 0 Å². The third-order valence-corrected chi connectivity index (χ3v) is 3.59. The third kappa shape index (κ3) is 2.06. The third-order valence-electron chi connectivity index (χ3n) is 3.59. The molecule has 0 aromatic carbocycles. The van der Waals surface area contributed by atoms with E-state index in [1.165, 1.54) is 0 Å². The molecule has 3 rings (SSSR count). The first kappa shape index (κ1) is 11.5. The fourth-order valence-electron chi connectivity index (χ4n) is 2.66. The number of carbonyl (C=O) groups excluding carboxylic acids is 1. The van der Waals surface area contributed by atoms with Crippen LogP contribution >= 0.6 is 0 Å². The van der Waals surface area contributed by atoms with E-state index in [0.717, 1.165) is 18.7 Å². The van der Waals surface area contributed by atoms with E-state index in [1.54, 1.807) is 25.4 Å². The SMILES string of the molecule is CNc1cc(C(=O)N2CC3CCC(C2)O3)ccn1. The summed E-state index contributed by atoms with van der Waals surface area (Å²) in [7, 11) is 1.80. The molecule has 0 spiro atoms. The van der Waals surface area contributed by atoms with Gasteiger partial charge in [-0.1, -0.05) is 0 Å². The Morgan fingerprint density at radius 2 is 2.17 bits per heavy atom. The number of aromatic nitrogens is 1. The van der Waals surface area contributed by atoms with Crippen LogP contribution in [0.25, 0.3) is 0 Å². The molecular weight excluding hydrogens is 230 g/mol. The van der Waals surface area contributed by atoms with Gasteiger partial charge in [0.25, 0.3) is 5.91 Å². The summed E-state index contributed by atoms with van der Waals surface area (Å²) >= 11 is 0. The van der Waals surface area contributed by atoms with Crippen LogP contribution in [0.1, 0.15) is 23.2 Å². The molecule has 0 saturated carbocycles. The fraction of sp³-hybridized carbons (Fsp3) is 0.538. The largest absolute Gasteiger partial charge is 0.373 e. The Bertz CT molecular complexity index is 451. The summed E-state index contributed by atoms with van der Waals surface area (Å²) in [6, 6.07) is 3.56. The molecule has 0 radical (unpaired) electrons. The monoisotopic (exact) mass is 247 g/mol. The predicted octanol–water partition coefficient (Wildman–Crippen LogP) is 1.13. The molecule has 5 heteroatoms. The molecular formula is C13H17N3O2. The van der Waals surface area contributed by atoms with Gasteiger partial charge in [-0.05, 0) is 25.0 Å². The lowest BCUT2D eigenvalue weighted by Crippen LogP contribution is -2.45. The lowest BCUT2D eigenvalue weighted by molar-refractivity contribution is -0.0303. The summed E-state index contributed by atoms with van der Waals surface area (Å²) in [5.41, 5.74) is 0.690. The van der Waals surface area contributed by atoms with Crippen LogP contribution in [0, 0.1) is 0 Å². The van der Waals surface area contributed by atoms with Gasteiger partial charge in [-0.25, -0.2) is 4.98 Å². The van der Waals surface area contributed by atoms with E-state index in [-0.39, 0.29) is 18.1 Å². The second-order valence-electron chi connectivity index (χ2n) is 4.85. The van der Waals surface area contributed by atoms with Crippen molar-refractivity contribution in [3.63, 3.8) is 0 Å². The van der Waals surface area contributed by atoms with Crippen LogP contribution in [0.15, 0.2) is 18.3 Å². The maximum absolute atomic E-state index is 12.4. The maximum atomic E-state index is 12.4. The summed E-state index contributed by atoms with van der Waals surface area (Å²) in [6.45, 7) is 1.43. The van der Waals surface area contributed by atoms with Crippen LogP contribution in [0.2, 0.25) is 0 Å².